The molecule has 0 spiro atoms. The second kappa shape index (κ2) is 5.90. The summed E-state index contributed by atoms with van der Waals surface area (Å²) in [5.41, 5.74) is 2.44. The number of hydrogen-bond donors (Lipinski definition) is 2. The Morgan fingerprint density at radius 2 is 2.20 bits per heavy atom. The van der Waals surface area contributed by atoms with E-state index in [-0.39, 0.29) is 17.8 Å². The summed E-state index contributed by atoms with van der Waals surface area (Å²) in [5.74, 6) is -2.07. The second-order valence-corrected chi connectivity index (χ2v) is 3.89. The normalized spacial score (nSPS) is 13.0. The highest BCUT2D eigenvalue weighted by Gasteiger charge is 2.45. The lowest BCUT2D eigenvalue weighted by atomic mass is 9.89. The molecule has 0 fully saturated rings. The zero-order valence-corrected chi connectivity index (χ0v) is 10.6. The zero-order valence-electron chi connectivity index (χ0n) is 10.6. The Kier molecular flexibility index (Phi) is 4.50. The van der Waals surface area contributed by atoms with Gasteiger partial charge in [0.2, 0.25) is 11.3 Å². The van der Waals surface area contributed by atoms with E-state index in [1.807, 2.05) is 0 Å². The van der Waals surface area contributed by atoms with Crippen LogP contribution in [0.15, 0.2) is 24.3 Å². The lowest BCUT2D eigenvalue weighted by molar-refractivity contribution is -0.384. The number of nitrogens with two attached hydrogens (primary N) is 1. The number of primary amides is 1. The number of nitrogens with one attached hydrogen (secondary N) is 1. The number of carbonyl (C=O) groups is 2. The molecule has 0 radical (unpaired) electrons. The number of nitro benzene ring substituents is 1. The molecule has 0 heterocycles. The molecular formula is C12H12N4O4. The fraction of sp³-hybridized carbons (Fsp3) is 0.250. The van der Waals surface area contributed by atoms with Gasteiger partial charge < -0.3 is 5.73 Å². The summed E-state index contributed by atoms with van der Waals surface area (Å²) in [6, 6.07) is 6.32. The van der Waals surface area contributed by atoms with Gasteiger partial charge in [0.25, 0.3) is 11.6 Å². The third-order valence-corrected chi connectivity index (χ3v) is 2.64. The van der Waals surface area contributed by atoms with Gasteiger partial charge >= 0.3 is 0 Å². The van der Waals surface area contributed by atoms with Crippen LogP contribution in [0.2, 0.25) is 0 Å². The van der Waals surface area contributed by atoms with E-state index in [1.54, 1.807) is 13.0 Å². The van der Waals surface area contributed by atoms with Gasteiger partial charge in [-0.2, -0.15) is 5.26 Å². The van der Waals surface area contributed by atoms with Crippen LogP contribution in [-0.4, -0.2) is 28.7 Å². The summed E-state index contributed by atoms with van der Waals surface area (Å²) < 4.78 is 0. The van der Waals surface area contributed by atoms with Crippen LogP contribution in [-0.2, 0) is 4.79 Å². The van der Waals surface area contributed by atoms with E-state index >= 15 is 0 Å². The third-order valence-electron chi connectivity index (χ3n) is 2.64. The summed E-state index contributed by atoms with van der Waals surface area (Å²) in [5, 5.41) is 22.2. The molecule has 0 aliphatic rings. The number of Topliss-reactive ketones (excluding diaryl/α,β-unsaturated/α-hetero) is 1. The number of nitro groups is 1. The number of likely N-dealkylation sites (N-methyl/N-ethyl adjacent to an activating group) is 1. The number of hydrogen-bond acceptors (Lipinski definition) is 6. The SMILES string of the molecule is CCNC(C#N)(C(N)=O)C(=O)c1cccc([N+](=O)[O-])c1. The van der Waals surface area contributed by atoms with E-state index in [0.29, 0.717) is 0 Å². The third kappa shape index (κ3) is 2.62. The molecule has 0 aliphatic carbocycles. The molecule has 1 rings (SSSR count). The Morgan fingerprint density at radius 3 is 2.65 bits per heavy atom. The molecule has 0 aromatic heterocycles. The van der Waals surface area contributed by atoms with Crippen molar-refractivity contribution in [1.82, 2.24) is 5.32 Å². The standard InChI is InChI=1S/C12H12N4O4/c1-2-15-12(7-13,11(14)18)10(17)8-4-3-5-9(6-8)16(19)20/h3-6,15H,2H2,1H3,(H2,14,18). The molecule has 8 heteroatoms. The van der Waals surface area contributed by atoms with Gasteiger partial charge in [-0.05, 0) is 6.54 Å². The van der Waals surface area contributed by atoms with E-state index in [2.05, 4.69) is 5.32 Å². The quantitative estimate of drug-likeness (QED) is 0.327. The van der Waals surface area contributed by atoms with Crippen molar-refractivity contribution in [2.45, 2.75) is 12.5 Å². The van der Waals surface area contributed by atoms with Crippen molar-refractivity contribution >= 4 is 17.4 Å². The van der Waals surface area contributed by atoms with Gasteiger partial charge in [-0.25, -0.2) is 0 Å². The van der Waals surface area contributed by atoms with Crippen LogP contribution >= 0.6 is 0 Å². The molecular weight excluding hydrogens is 264 g/mol. The molecule has 20 heavy (non-hydrogen) atoms. The molecule has 1 aromatic rings. The maximum absolute atomic E-state index is 12.3. The van der Waals surface area contributed by atoms with Crippen LogP contribution in [0, 0.1) is 21.4 Å². The lowest BCUT2D eigenvalue weighted by Crippen LogP contribution is -2.60. The smallest absolute Gasteiger partial charge is 0.270 e. The number of nitriles is 1. The Balaban J connectivity index is 3.33. The molecule has 0 aliphatic heterocycles. The van der Waals surface area contributed by atoms with Gasteiger partial charge in [-0.3, -0.25) is 25.0 Å². The van der Waals surface area contributed by atoms with Crippen molar-refractivity contribution in [2.24, 2.45) is 5.73 Å². The monoisotopic (exact) mass is 276 g/mol. The highest BCUT2D eigenvalue weighted by atomic mass is 16.6. The first-order chi connectivity index (χ1) is 9.39. The van der Waals surface area contributed by atoms with Gasteiger partial charge in [0.05, 0.1) is 4.92 Å². The molecule has 1 atom stereocenters. The number of nitrogens with zero attached hydrogens (tertiary/aromatic N) is 2. The minimum atomic E-state index is -2.23. The highest BCUT2D eigenvalue weighted by Crippen LogP contribution is 2.18. The number of carbonyl (C=O) groups excluding carboxylic acids is 2. The molecule has 1 amide bonds. The fourth-order valence-electron chi connectivity index (χ4n) is 1.67. The molecule has 0 saturated heterocycles. The van der Waals surface area contributed by atoms with Crippen LogP contribution in [0.5, 0.6) is 0 Å². The van der Waals surface area contributed by atoms with Crippen molar-refractivity contribution in [3.8, 4) is 6.07 Å². The minimum Gasteiger partial charge on any atom is -0.367 e. The molecule has 0 bridgehead atoms. The Morgan fingerprint density at radius 1 is 1.55 bits per heavy atom. The molecule has 3 N–H and O–H groups in total. The number of non-ortho nitro benzene ring substituents is 1. The van der Waals surface area contributed by atoms with Crippen LogP contribution in [0.3, 0.4) is 0 Å². The largest absolute Gasteiger partial charge is 0.367 e. The van der Waals surface area contributed by atoms with Crippen molar-refractivity contribution < 1.29 is 14.5 Å². The first-order valence-corrected chi connectivity index (χ1v) is 5.64. The maximum Gasteiger partial charge on any atom is 0.270 e. The highest BCUT2D eigenvalue weighted by molar-refractivity contribution is 6.20. The summed E-state index contributed by atoms with van der Waals surface area (Å²) in [6.45, 7) is 1.74. The summed E-state index contributed by atoms with van der Waals surface area (Å²) in [7, 11) is 0. The predicted molar refractivity (Wildman–Crippen MR) is 68.6 cm³/mol. The van der Waals surface area contributed by atoms with E-state index in [9.17, 15) is 19.7 Å². The first-order valence-electron chi connectivity index (χ1n) is 5.64. The summed E-state index contributed by atoms with van der Waals surface area (Å²) in [6.07, 6.45) is 0. The molecule has 104 valence electrons. The molecule has 1 unspecified atom stereocenters. The van der Waals surface area contributed by atoms with Gasteiger partial charge in [0, 0.05) is 17.7 Å². The predicted octanol–water partition coefficient (Wildman–Crippen LogP) is 0.135. The van der Waals surface area contributed by atoms with Crippen molar-refractivity contribution in [2.75, 3.05) is 6.54 Å². The van der Waals surface area contributed by atoms with Gasteiger partial charge in [-0.1, -0.05) is 19.1 Å². The van der Waals surface area contributed by atoms with Crippen molar-refractivity contribution in [3.05, 3.63) is 39.9 Å². The topological polar surface area (TPSA) is 139 Å². The van der Waals surface area contributed by atoms with Gasteiger partial charge in [0.15, 0.2) is 0 Å². The van der Waals surface area contributed by atoms with E-state index in [4.69, 9.17) is 11.0 Å². The second-order valence-electron chi connectivity index (χ2n) is 3.89. The average molecular weight is 276 g/mol. The van der Waals surface area contributed by atoms with Gasteiger partial charge in [-0.15, -0.1) is 0 Å². The number of rotatable bonds is 6. The van der Waals surface area contributed by atoms with Crippen LogP contribution in [0.25, 0.3) is 0 Å². The van der Waals surface area contributed by atoms with E-state index in [0.717, 1.165) is 6.07 Å². The van der Waals surface area contributed by atoms with Crippen LogP contribution in [0.1, 0.15) is 17.3 Å². The Bertz CT molecular complexity index is 608. The van der Waals surface area contributed by atoms with E-state index in [1.165, 1.54) is 18.2 Å². The summed E-state index contributed by atoms with van der Waals surface area (Å²) >= 11 is 0. The summed E-state index contributed by atoms with van der Waals surface area (Å²) in [4.78, 5) is 33.8. The number of ketones is 1. The molecule has 0 saturated carbocycles. The lowest BCUT2D eigenvalue weighted by Gasteiger charge is -2.22. The number of amides is 1. The Labute approximate surface area is 114 Å². The van der Waals surface area contributed by atoms with E-state index < -0.39 is 22.2 Å². The zero-order chi connectivity index (χ0) is 15.3. The van der Waals surface area contributed by atoms with Crippen LogP contribution in [0.4, 0.5) is 5.69 Å². The van der Waals surface area contributed by atoms with Gasteiger partial charge in [0.1, 0.15) is 6.07 Å². The first kappa shape index (κ1) is 15.3. The minimum absolute atomic E-state index is 0.138. The Hall–Kier alpha value is -2.79. The molecule has 8 nitrogen and oxygen atoms in total. The molecule has 1 aromatic carbocycles. The fourth-order valence-corrected chi connectivity index (χ4v) is 1.67. The number of benzene rings is 1. The van der Waals surface area contributed by atoms with Crippen molar-refractivity contribution in [3.63, 3.8) is 0 Å². The average Bonchev–Trinajstić information content (AvgIpc) is 2.43. The van der Waals surface area contributed by atoms with Crippen molar-refractivity contribution in [1.29, 1.82) is 5.26 Å². The maximum atomic E-state index is 12.3. The van der Waals surface area contributed by atoms with Crippen LogP contribution < -0.4 is 11.1 Å².